The number of carbonyl (C=O) groups excluding carboxylic acids is 1. The molecule has 5 aromatic rings. The number of aryl methyl sites for hydroxylation is 2. The van der Waals surface area contributed by atoms with Crippen LogP contribution >= 0.6 is 0 Å². The van der Waals surface area contributed by atoms with Crippen molar-refractivity contribution in [1.82, 2.24) is 30.2 Å². The van der Waals surface area contributed by atoms with Gasteiger partial charge in [-0.05, 0) is 48.6 Å². The number of nitrogens with zero attached hydrogens (tertiary/aromatic N) is 5. The number of nitrogens with one attached hydrogen (secondary N) is 1. The van der Waals surface area contributed by atoms with E-state index in [2.05, 4.69) is 25.6 Å². The van der Waals surface area contributed by atoms with E-state index >= 15 is 0 Å². The molecule has 3 heterocycles. The molecule has 0 fully saturated rings. The highest BCUT2D eigenvalue weighted by molar-refractivity contribution is 5.89. The van der Waals surface area contributed by atoms with Crippen molar-refractivity contribution in [1.29, 1.82) is 0 Å². The number of aromatic amines is 1. The molecule has 0 spiro atoms. The number of H-pyrrole nitrogens is 1. The van der Waals surface area contributed by atoms with E-state index in [1.54, 1.807) is 13.8 Å². The Labute approximate surface area is 241 Å². The maximum atomic E-state index is 13.3. The van der Waals surface area contributed by atoms with Gasteiger partial charge < -0.3 is 23.2 Å². The van der Waals surface area contributed by atoms with Crippen molar-refractivity contribution in [3.05, 3.63) is 93.4 Å². The third-order valence-corrected chi connectivity index (χ3v) is 7.20. The summed E-state index contributed by atoms with van der Waals surface area (Å²) in [4.78, 5) is 29.3. The van der Waals surface area contributed by atoms with E-state index in [1.165, 1.54) is 0 Å². The van der Waals surface area contributed by atoms with E-state index in [0.29, 0.717) is 36.7 Å². The molecule has 0 aliphatic heterocycles. The van der Waals surface area contributed by atoms with Gasteiger partial charge in [0, 0.05) is 18.5 Å². The van der Waals surface area contributed by atoms with E-state index in [4.69, 9.17) is 13.6 Å². The summed E-state index contributed by atoms with van der Waals surface area (Å²) < 4.78 is 17.2. The van der Waals surface area contributed by atoms with Crippen molar-refractivity contribution >= 4 is 5.97 Å². The van der Waals surface area contributed by atoms with Crippen molar-refractivity contribution < 1.29 is 23.5 Å². The van der Waals surface area contributed by atoms with Crippen LogP contribution in [0.2, 0.25) is 0 Å². The van der Waals surface area contributed by atoms with Gasteiger partial charge in [0.2, 0.25) is 5.82 Å². The first kappa shape index (κ1) is 28.7. The molecule has 0 saturated heterocycles. The summed E-state index contributed by atoms with van der Waals surface area (Å²) >= 11 is 0. The van der Waals surface area contributed by atoms with Crippen LogP contribution in [0.25, 0.3) is 22.5 Å². The Morgan fingerprint density at radius 2 is 1.83 bits per heavy atom. The van der Waals surface area contributed by atoms with Gasteiger partial charge in [0.05, 0.1) is 5.69 Å². The molecule has 42 heavy (non-hydrogen) atoms. The molecule has 3 aromatic heterocycles. The number of benzene rings is 2. The topological polar surface area (TPSA) is 162 Å². The molecule has 0 aliphatic carbocycles. The van der Waals surface area contributed by atoms with E-state index in [-0.39, 0.29) is 23.8 Å². The Balaban J connectivity index is 1.48. The zero-order valence-corrected chi connectivity index (χ0v) is 23.9. The lowest BCUT2D eigenvalue weighted by Gasteiger charge is -2.25. The van der Waals surface area contributed by atoms with Crippen molar-refractivity contribution in [3.8, 4) is 22.5 Å². The highest BCUT2D eigenvalue weighted by Gasteiger charge is 2.35. The van der Waals surface area contributed by atoms with Gasteiger partial charge in [-0.15, -0.1) is 10.2 Å². The summed E-state index contributed by atoms with van der Waals surface area (Å²) in [6.45, 7) is 7.14. The monoisotopic (exact) mass is 572 g/mol. The van der Waals surface area contributed by atoms with Crippen LogP contribution in [0.3, 0.4) is 0 Å². The third-order valence-electron chi connectivity index (χ3n) is 7.20. The maximum absolute atomic E-state index is 13.3. The summed E-state index contributed by atoms with van der Waals surface area (Å²) in [5.41, 5.74) is 2.78. The fourth-order valence-electron chi connectivity index (χ4n) is 4.82. The highest BCUT2D eigenvalue weighted by Crippen LogP contribution is 2.32. The molecule has 0 aliphatic rings. The molecule has 1 unspecified atom stereocenters. The van der Waals surface area contributed by atoms with E-state index < -0.39 is 17.4 Å². The molecule has 0 saturated carbocycles. The molecule has 0 bridgehead atoms. The predicted molar refractivity (Wildman–Crippen MR) is 151 cm³/mol. The van der Waals surface area contributed by atoms with Crippen molar-refractivity contribution in [2.75, 3.05) is 0 Å². The lowest BCUT2D eigenvalue weighted by molar-refractivity contribution is 0.0333. The van der Waals surface area contributed by atoms with Crippen LogP contribution in [0.5, 0.6) is 0 Å². The average molecular weight is 573 g/mol. The molecule has 12 heteroatoms. The average Bonchev–Trinajstić information content (AvgIpc) is 3.72. The number of aromatic nitrogens is 6. The van der Waals surface area contributed by atoms with Crippen LogP contribution in [0.15, 0.2) is 62.2 Å². The van der Waals surface area contributed by atoms with E-state index in [9.17, 15) is 14.7 Å². The number of hydrogen-bond donors (Lipinski definition) is 2. The van der Waals surface area contributed by atoms with Gasteiger partial charge in [0.25, 0.3) is 0 Å². The molecular formula is C30H32N6O6. The molecule has 2 aromatic carbocycles. The standard InChI is InChI=1S/C30H32N6O6/c1-5-9-24-31-25(28(37)40-17-23-18(3)41-29(38)42-23)26(30(4,39)6-2)36(24)16-19-12-14-20(15-13-19)21-10-7-8-11-22(21)27-32-34-35-33-27/h7-8,10-15,39H,5-6,9,16-17H2,1-4H3,(H,32,33,34,35). The molecule has 12 nitrogen and oxygen atoms in total. The van der Waals surface area contributed by atoms with Crippen LogP contribution in [-0.2, 0) is 29.9 Å². The van der Waals surface area contributed by atoms with E-state index in [1.807, 2.05) is 66.9 Å². The second kappa shape index (κ2) is 12.0. The number of esters is 1. The number of ether oxygens (including phenoxy) is 1. The largest absolute Gasteiger partial charge is 0.519 e. The number of rotatable bonds is 11. The smallest absolute Gasteiger partial charge is 0.453 e. The van der Waals surface area contributed by atoms with Gasteiger partial charge in [-0.3, -0.25) is 0 Å². The summed E-state index contributed by atoms with van der Waals surface area (Å²) in [5, 5.41) is 25.9. The molecule has 1 atom stereocenters. The molecule has 0 amide bonds. The van der Waals surface area contributed by atoms with Crippen LogP contribution < -0.4 is 5.82 Å². The fraction of sp³-hybridized carbons (Fsp3) is 0.333. The third kappa shape index (κ3) is 5.79. The highest BCUT2D eigenvalue weighted by atomic mass is 16.6. The minimum atomic E-state index is -1.37. The number of carbonyl (C=O) groups is 1. The lowest BCUT2D eigenvalue weighted by Crippen LogP contribution is -2.28. The molecule has 2 N–H and O–H groups in total. The summed E-state index contributed by atoms with van der Waals surface area (Å²) in [5.74, 6) is -0.0852. The van der Waals surface area contributed by atoms with Crippen LogP contribution in [0.4, 0.5) is 0 Å². The minimum Gasteiger partial charge on any atom is -0.453 e. The van der Waals surface area contributed by atoms with Crippen molar-refractivity contribution in [2.24, 2.45) is 0 Å². The number of imidazole rings is 1. The van der Waals surface area contributed by atoms with Gasteiger partial charge in [0.1, 0.15) is 11.4 Å². The minimum absolute atomic E-state index is 0.0273. The summed E-state index contributed by atoms with van der Waals surface area (Å²) in [6.07, 6.45) is 1.71. The van der Waals surface area contributed by atoms with Gasteiger partial charge >= 0.3 is 11.8 Å². The summed E-state index contributed by atoms with van der Waals surface area (Å²) in [6, 6.07) is 15.9. The van der Waals surface area contributed by atoms with Crippen LogP contribution in [-0.4, -0.2) is 41.3 Å². The Morgan fingerprint density at radius 3 is 2.45 bits per heavy atom. The first-order chi connectivity index (χ1) is 20.2. The molecule has 218 valence electrons. The summed E-state index contributed by atoms with van der Waals surface area (Å²) in [7, 11) is 0. The van der Waals surface area contributed by atoms with E-state index in [0.717, 1.165) is 28.7 Å². The fourth-order valence-corrected chi connectivity index (χ4v) is 4.82. The second-order valence-electron chi connectivity index (χ2n) is 10.2. The zero-order valence-electron chi connectivity index (χ0n) is 23.9. The van der Waals surface area contributed by atoms with Crippen LogP contribution in [0.1, 0.15) is 72.7 Å². The normalized spacial score (nSPS) is 12.8. The van der Waals surface area contributed by atoms with Crippen molar-refractivity contribution in [3.63, 3.8) is 0 Å². The lowest BCUT2D eigenvalue weighted by atomic mass is 9.96. The van der Waals surface area contributed by atoms with Gasteiger partial charge in [-0.25, -0.2) is 14.6 Å². The SMILES string of the molecule is CCCc1nc(C(=O)OCc2oc(=O)oc2C)c(C(C)(O)CC)n1Cc1ccc(-c2ccccc2-c2nn[nH]n2)cc1. The second-order valence-corrected chi connectivity index (χ2v) is 10.2. The van der Waals surface area contributed by atoms with Crippen molar-refractivity contribution in [2.45, 2.75) is 65.7 Å². The van der Waals surface area contributed by atoms with Gasteiger partial charge in [-0.2, -0.15) is 5.21 Å². The Hall–Kier alpha value is -4.84. The molecule has 5 rings (SSSR count). The maximum Gasteiger partial charge on any atom is 0.519 e. The zero-order chi connectivity index (χ0) is 29.9. The Morgan fingerprint density at radius 1 is 1.10 bits per heavy atom. The first-order valence-corrected chi connectivity index (χ1v) is 13.7. The van der Waals surface area contributed by atoms with Crippen LogP contribution in [0, 0.1) is 6.92 Å². The number of aliphatic hydroxyl groups is 1. The number of hydrogen-bond acceptors (Lipinski definition) is 10. The van der Waals surface area contributed by atoms with Gasteiger partial charge in [-0.1, -0.05) is 62.4 Å². The quantitative estimate of drug-likeness (QED) is 0.215. The first-order valence-electron chi connectivity index (χ1n) is 13.7. The Bertz CT molecular complexity index is 1730. The molecular weight excluding hydrogens is 540 g/mol. The number of tetrazole rings is 1. The molecule has 0 radical (unpaired) electrons. The Kier molecular flexibility index (Phi) is 8.16. The van der Waals surface area contributed by atoms with Gasteiger partial charge in [0.15, 0.2) is 23.8 Å². The predicted octanol–water partition coefficient (Wildman–Crippen LogP) is 4.56.